The second-order valence-electron chi connectivity index (χ2n) is 8.05. The van der Waals surface area contributed by atoms with E-state index in [-0.39, 0.29) is 17.7 Å². The standard InChI is InChI=1S/C21H32N2O4S/c1-17-6-7-18(2)20(15-17)27-13-4-3-5-21(24)23-11-9-22(10-12-23)19-8-14-28(25,26)16-19/h6-7,15,19H,3-5,8-14,16H2,1-2H3. The molecule has 3 rings (SSSR count). The molecule has 0 N–H and O–H groups in total. The van der Waals surface area contributed by atoms with Gasteiger partial charge in [0.15, 0.2) is 9.84 Å². The highest BCUT2D eigenvalue weighted by molar-refractivity contribution is 7.91. The largest absolute Gasteiger partial charge is 0.493 e. The first-order valence-electron chi connectivity index (χ1n) is 10.3. The Kier molecular flexibility index (Phi) is 6.99. The zero-order valence-corrected chi connectivity index (χ0v) is 17.8. The van der Waals surface area contributed by atoms with E-state index in [9.17, 15) is 13.2 Å². The number of benzene rings is 1. The molecule has 1 aromatic rings. The quantitative estimate of drug-likeness (QED) is 0.647. The van der Waals surface area contributed by atoms with Gasteiger partial charge >= 0.3 is 0 Å². The van der Waals surface area contributed by atoms with Crippen LogP contribution in [0.25, 0.3) is 0 Å². The van der Waals surface area contributed by atoms with E-state index < -0.39 is 9.84 Å². The van der Waals surface area contributed by atoms with Crippen LogP contribution in [0.1, 0.15) is 36.8 Å². The van der Waals surface area contributed by atoms with Crippen molar-refractivity contribution in [3.8, 4) is 5.75 Å². The SMILES string of the molecule is Cc1ccc(C)c(OCCCCC(=O)N2CCN(C3CCS(=O)(=O)C3)CC2)c1. The van der Waals surface area contributed by atoms with E-state index in [0.29, 0.717) is 31.9 Å². The van der Waals surface area contributed by atoms with Gasteiger partial charge in [0.25, 0.3) is 0 Å². The molecule has 2 aliphatic rings. The molecule has 1 unspecified atom stereocenters. The van der Waals surface area contributed by atoms with E-state index in [4.69, 9.17) is 4.74 Å². The third kappa shape index (κ3) is 5.70. The first kappa shape index (κ1) is 21.1. The Labute approximate surface area is 168 Å². The summed E-state index contributed by atoms with van der Waals surface area (Å²) in [6.45, 7) is 7.68. The van der Waals surface area contributed by atoms with Gasteiger partial charge in [0.2, 0.25) is 5.91 Å². The molecule has 2 heterocycles. The predicted molar refractivity (Wildman–Crippen MR) is 110 cm³/mol. The van der Waals surface area contributed by atoms with Crippen LogP contribution in [-0.2, 0) is 14.6 Å². The normalized spacial score (nSPS) is 22.4. The van der Waals surface area contributed by atoms with E-state index in [1.165, 1.54) is 5.56 Å². The van der Waals surface area contributed by atoms with Crippen LogP contribution >= 0.6 is 0 Å². The molecular weight excluding hydrogens is 376 g/mol. The van der Waals surface area contributed by atoms with E-state index in [1.807, 2.05) is 11.8 Å². The lowest BCUT2D eigenvalue weighted by atomic mass is 10.1. The molecule has 2 fully saturated rings. The van der Waals surface area contributed by atoms with Crippen LogP contribution in [0.4, 0.5) is 0 Å². The molecule has 1 amide bonds. The third-order valence-corrected chi connectivity index (χ3v) is 7.53. The van der Waals surface area contributed by atoms with Gasteiger partial charge in [-0.3, -0.25) is 9.69 Å². The van der Waals surface area contributed by atoms with Crippen molar-refractivity contribution in [3.63, 3.8) is 0 Å². The number of hydrogen-bond donors (Lipinski definition) is 0. The van der Waals surface area contributed by atoms with Crippen molar-refractivity contribution in [2.45, 2.75) is 45.6 Å². The zero-order valence-electron chi connectivity index (χ0n) is 17.0. The molecule has 0 radical (unpaired) electrons. The molecule has 7 heteroatoms. The van der Waals surface area contributed by atoms with Gasteiger partial charge in [0.1, 0.15) is 5.75 Å². The van der Waals surface area contributed by atoms with Crippen LogP contribution in [0.5, 0.6) is 5.75 Å². The monoisotopic (exact) mass is 408 g/mol. The van der Waals surface area contributed by atoms with Crippen molar-refractivity contribution >= 4 is 15.7 Å². The van der Waals surface area contributed by atoms with Crippen LogP contribution < -0.4 is 4.74 Å². The smallest absolute Gasteiger partial charge is 0.222 e. The number of aryl methyl sites for hydroxylation is 2. The Balaban J connectivity index is 1.32. The number of rotatable bonds is 7. The highest BCUT2D eigenvalue weighted by atomic mass is 32.2. The number of unbranched alkanes of at least 4 members (excludes halogenated alkanes) is 1. The maximum atomic E-state index is 12.4. The van der Waals surface area contributed by atoms with Crippen LogP contribution in [0, 0.1) is 13.8 Å². The minimum absolute atomic E-state index is 0.143. The average molecular weight is 409 g/mol. The average Bonchev–Trinajstić information content (AvgIpc) is 3.04. The number of amides is 1. The Morgan fingerprint density at radius 1 is 1.14 bits per heavy atom. The first-order chi connectivity index (χ1) is 13.3. The summed E-state index contributed by atoms with van der Waals surface area (Å²) in [6.07, 6.45) is 2.97. The lowest BCUT2D eigenvalue weighted by Gasteiger charge is -2.37. The minimum Gasteiger partial charge on any atom is -0.493 e. The summed E-state index contributed by atoms with van der Waals surface area (Å²) >= 11 is 0. The van der Waals surface area contributed by atoms with E-state index in [1.54, 1.807) is 0 Å². The van der Waals surface area contributed by atoms with Gasteiger partial charge in [-0.2, -0.15) is 0 Å². The second-order valence-corrected chi connectivity index (χ2v) is 10.3. The molecule has 1 aromatic carbocycles. The summed E-state index contributed by atoms with van der Waals surface area (Å²) in [7, 11) is -2.85. The molecule has 156 valence electrons. The Morgan fingerprint density at radius 3 is 2.57 bits per heavy atom. The van der Waals surface area contributed by atoms with Crippen molar-refractivity contribution in [1.29, 1.82) is 0 Å². The van der Waals surface area contributed by atoms with Gasteiger partial charge in [-0.1, -0.05) is 12.1 Å². The van der Waals surface area contributed by atoms with Crippen molar-refractivity contribution in [2.24, 2.45) is 0 Å². The molecule has 0 spiro atoms. The van der Waals surface area contributed by atoms with Crippen molar-refractivity contribution < 1.29 is 17.9 Å². The maximum Gasteiger partial charge on any atom is 0.222 e. The molecule has 2 saturated heterocycles. The van der Waals surface area contributed by atoms with Crippen molar-refractivity contribution in [1.82, 2.24) is 9.80 Å². The van der Waals surface area contributed by atoms with Gasteiger partial charge in [-0.05, 0) is 50.3 Å². The number of hydrogen-bond acceptors (Lipinski definition) is 5. The number of ether oxygens (including phenoxy) is 1. The van der Waals surface area contributed by atoms with Crippen LogP contribution in [0.2, 0.25) is 0 Å². The van der Waals surface area contributed by atoms with Crippen LogP contribution in [0.15, 0.2) is 18.2 Å². The molecule has 0 bridgehead atoms. The van der Waals surface area contributed by atoms with Gasteiger partial charge in [-0.25, -0.2) is 8.42 Å². The lowest BCUT2D eigenvalue weighted by molar-refractivity contribution is -0.133. The summed E-state index contributed by atoms with van der Waals surface area (Å²) in [5, 5.41) is 0. The zero-order chi connectivity index (χ0) is 20.1. The Bertz CT molecular complexity index is 786. The predicted octanol–water partition coefficient (Wildman–Crippen LogP) is 2.18. The van der Waals surface area contributed by atoms with Crippen molar-refractivity contribution in [2.75, 3.05) is 44.3 Å². The van der Waals surface area contributed by atoms with Crippen LogP contribution in [-0.4, -0.2) is 74.5 Å². The number of carbonyl (C=O) groups excluding carboxylic acids is 1. The summed E-state index contributed by atoms with van der Waals surface area (Å²) in [4.78, 5) is 16.6. The third-order valence-electron chi connectivity index (χ3n) is 5.78. The number of piperazine rings is 1. The highest BCUT2D eigenvalue weighted by Crippen LogP contribution is 2.21. The fourth-order valence-electron chi connectivity index (χ4n) is 3.98. The van der Waals surface area contributed by atoms with Gasteiger partial charge in [0.05, 0.1) is 18.1 Å². The number of sulfone groups is 1. The Hall–Kier alpha value is -1.60. The topological polar surface area (TPSA) is 66.9 Å². The fourth-order valence-corrected chi connectivity index (χ4v) is 5.74. The number of nitrogens with zero attached hydrogens (tertiary/aromatic N) is 2. The molecule has 6 nitrogen and oxygen atoms in total. The summed E-state index contributed by atoms with van der Waals surface area (Å²) in [5.74, 6) is 1.71. The molecule has 0 aromatic heterocycles. The van der Waals surface area contributed by atoms with E-state index in [0.717, 1.165) is 43.7 Å². The fraction of sp³-hybridized carbons (Fsp3) is 0.667. The van der Waals surface area contributed by atoms with E-state index in [2.05, 4.69) is 30.0 Å². The molecule has 0 aliphatic carbocycles. The van der Waals surface area contributed by atoms with Gasteiger partial charge in [0, 0.05) is 38.6 Å². The van der Waals surface area contributed by atoms with E-state index >= 15 is 0 Å². The molecule has 2 aliphatic heterocycles. The summed E-state index contributed by atoms with van der Waals surface area (Å²) in [6, 6.07) is 6.33. The molecule has 1 atom stereocenters. The Morgan fingerprint density at radius 2 is 1.89 bits per heavy atom. The minimum atomic E-state index is -2.85. The van der Waals surface area contributed by atoms with Gasteiger partial charge < -0.3 is 9.64 Å². The van der Waals surface area contributed by atoms with Crippen LogP contribution in [0.3, 0.4) is 0 Å². The van der Waals surface area contributed by atoms with Gasteiger partial charge in [-0.15, -0.1) is 0 Å². The molecular formula is C21H32N2O4S. The lowest BCUT2D eigenvalue weighted by Crippen LogP contribution is -2.52. The first-order valence-corrected chi connectivity index (χ1v) is 12.1. The second kappa shape index (κ2) is 9.27. The summed E-state index contributed by atoms with van der Waals surface area (Å²) < 4.78 is 29.2. The molecule has 28 heavy (non-hydrogen) atoms. The highest BCUT2D eigenvalue weighted by Gasteiger charge is 2.34. The maximum absolute atomic E-state index is 12.4. The summed E-state index contributed by atoms with van der Waals surface area (Å²) in [5.41, 5.74) is 2.32. The number of carbonyl (C=O) groups is 1. The molecule has 0 saturated carbocycles. The van der Waals surface area contributed by atoms with Crippen molar-refractivity contribution in [3.05, 3.63) is 29.3 Å².